The number of nitrogens with zero attached hydrogens (tertiary/aromatic N) is 1. The Hall–Kier alpha value is -1.86. The van der Waals surface area contributed by atoms with Gasteiger partial charge in [0.25, 0.3) is 5.56 Å². The van der Waals surface area contributed by atoms with E-state index < -0.39 is 5.92 Å². The van der Waals surface area contributed by atoms with Gasteiger partial charge in [-0.3, -0.25) is 9.59 Å². The summed E-state index contributed by atoms with van der Waals surface area (Å²) in [5.41, 5.74) is 2.77. The molecule has 0 fully saturated rings. The van der Waals surface area contributed by atoms with Gasteiger partial charge in [-0.1, -0.05) is 67.5 Å². The Morgan fingerprint density at radius 1 is 1.19 bits per heavy atom. The molecule has 4 rings (SSSR count). The van der Waals surface area contributed by atoms with Gasteiger partial charge in [0.15, 0.2) is 10.9 Å². The van der Waals surface area contributed by atoms with Gasteiger partial charge in [0, 0.05) is 33.8 Å². The molecule has 5 nitrogen and oxygen atoms in total. The molecule has 0 unspecified atom stereocenters. The Bertz CT molecular complexity index is 1100. The fraction of sp³-hybridized carbons (Fsp3) is 0.458. The number of aromatic amines is 1. The first kappa shape index (κ1) is 22.3. The number of hydrogen-bond acceptors (Lipinski definition) is 5. The molecule has 2 aliphatic rings. The Morgan fingerprint density at radius 2 is 1.90 bits per heavy atom. The van der Waals surface area contributed by atoms with E-state index in [0.29, 0.717) is 34.4 Å². The van der Waals surface area contributed by atoms with E-state index in [1.165, 1.54) is 0 Å². The highest BCUT2D eigenvalue weighted by Gasteiger charge is 2.42. The van der Waals surface area contributed by atoms with Crippen LogP contribution < -0.4 is 10.9 Å². The number of benzene rings is 1. The van der Waals surface area contributed by atoms with Gasteiger partial charge in [0.2, 0.25) is 0 Å². The van der Waals surface area contributed by atoms with E-state index in [2.05, 4.69) is 53.9 Å². The molecule has 1 aliphatic heterocycles. The second-order valence-corrected chi connectivity index (χ2v) is 11.6. The summed E-state index contributed by atoms with van der Waals surface area (Å²) in [4.78, 5) is 34.2. The average Bonchev–Trinajstić information content (AvgIpc) is 2.65. The number of Topliss-reactive ketones (excluding diaryl/α,β-unsaturated/α-hetero) is 1. The molecule has 0 spiro atoms. The summed E-state index contributed by atoms with van der Waals surface area (Å²) in [6, 6.07) is 7.86. The predicted octanol–water partition coefficient (Wildman–Crippen LogP) is 5.87. The summed E-state index contributed by atoms with van der Waals surface area (Å²) in [6.45, 7) is 8.59. The van der Waals surface area contributed by atoms with Gasteiger partial charge in [-0.05, 0) is 41.9 Å². The van der Waals surface area contributed by atoms with Crippen molar-refractivity contribution in [3.63, 3.8) is 0 Å². The lowest BCUT2D eigenvalue weighted by molar-refractivity contribution is -0.118. The van der Waals surface area contributed by atoms with Crippen molar-refractivity contribution in [1.29, 1.82) is 0 Å². The number of H-pyrrole nitrogens is 1. The van der Waals surface area contributed by atoms with E-state index in [1.54, 1.807) is 11.8 Å². The van der Waals surface area contributed by atoms with E-state index in [-0.39, 0.29) is 16.8 Å². The lowest BCUT2D eigenvalue weighted by Crippen LogP contribution is -2.37. The third kappa shape index (κ3) is 4.67. The fourth-order valence-corrected chi connectivity index (χ4v) is 5.71. The van der Waals surface area contributed by atoms with Gasteiger partial charge in [-0.2, -0.15) is 0 Å². The lowest BCUT2D eigenvalue weighted by atomic mass is 9.69. The summed E-state index contributed by atoms with van der Waals surface area (Å²) < 4.78 is 0.958. The highest BCUT2D eigenvalue weighted by Crippen LogP contribution is 2.47. The second kappa shape index (κ2) is 8.58. The van der Waals surface area contributed by atoms with Crippen LogP contribution in [-0.4, -0.2) is 21.5 Å². The zero-order chi connectivity index (χ0) is 22.3. The number of nitrogens with one attached hydrogen (secondary N) is 2. The van der Waals surface area contributed by atoms with E-state index in [1.807, 2.05) is 24.3 Å². The minimum Gasteiger partial charge on any atom is -0.343 e. The number of thioether (sulfide) groups is 1. The number of fused-ring (bicyclic) bond motifs is 1. The number of anilines is 1. The third-order valence-electron chi connectivity index (χ3n) is 5.84. The van der Waals surface area contributed by atoms with Crippen LogP contribution in [0.4, 0.5) is 5.82 Å². The Balaban J connectivity index is 1.82. The van der Waals surface area contributed by atoms with Crippen molar-refractivity contribution < 1.29 is 4.79 Å². The first-order chi connectivity index (χ1) is 14.6. The van der Waals surface area contributed by atoms with Gasteiger partial charge in [0.1, 0.15) is 5.82 Å². The van der Waals surface area contributed by atoms with Crippen LogP contribution in [0.5, 0.6) is 0 Å². The fourth-order valence-electron chi connectivity index (χ4n) is 4.34. The van der Waals surface area contributed by atoms with Crippen molar-refractivity contribution in [3.8, 4) is 0 Å². The molecule has 1 aromatic carbocycles. The molecule has 2 heterocycles. The smallest absolute Gasteiger partial charge is 0.257 e. The van der Waals surface area contributed by atoms with Gasteiger partial charge >= 0.3 is 0 Å². The zero-order valence-corrected chi connectivity index (χ0v) is 20.7. The van der Waals surface area contributed by atoms with E-state index in [4.69, 9.17) is 4.98 Å². The van der Waals surface area contributed by atoms with Crippen molar-refractivity contribution in [3.05, 3.63) is 61.5 Å². The van der Waals surface area contributed by atoms with Crippen LogP contribution in [0.15, 0.2) is 50.0 Å². The van der Waals surface area contributed by atoms with Gasteiger partial charge in [-0.25, -0.2) is 4.98 Å². The van der Waals surface area contributed by atoms with Crippen LogP contribution in [0.1, 0.15) is 64.0 Å². The minimum atomic E-state index is -0.408. The molecule has 1 aliphatic carbocycles. The number of halogens is 1. The molecule has 1 atom stereocenters. The van der Waals surface area contributed by atoms with Crippen LogP contribution in [0.25, 0.3) is 0 Å². The summed E-state index contributed by atoms with van der Waals surface area (Å²) in [6.07, 6.45) is 2.29. The van der Waals surface area contributed by atoms with Crippen molar-refractivity contribution in [2.24, 2.45) is 11.3 Å². The largest absolute Gasteiger partial charge is 0.343 e. The number of hydrogen-bond donors (Lipinski definition) is 2. The van der Waals surface area contributed by atoms with Gasteiger partial charge < -0.3 is 10.3 Å². The molecule has 7 heteroatoms. The normalized spacial score (nSPS) is 19.8. The maximum atomic E-state index is 13.2. The molecular weight excluding hydrogens is 474 g/mol. The van der Waals surface area contributed by atoms with E-state index in [0.717, 1.165) is 34.3 Å². The summed E-state index contributed by atoms with van der Waals surface area (Å²) in [5, 5.41) is 4.00. The Kier molecular flexibility index (Phi) is 6.19. The molecular formula is C24H28BrN3O2S. The monoisotopic (exact) mass is 501 g/mol. The standard InChI is InChI=1S/C24H28BrN3O2S/c1-13(2)9-10-31-23-27-21-20(22(30)28-23)18(14-5-7-15(25)8-6-14)19-16(26-21)11-24(3,4)12-17(19)29/h5-8,13,18H,9-12H2,1-4H3,(H2,26,27,28,30)/t18-/m0/s1. The maximum Gasteiger partial charge on any atom is 0.257 e. The molecule has 164 valence electrons. The van der Waals surface area contributed by atoms with Gasteiger partial charge in [-0.15, -0.1) is 0 Å². The molecule has 0 amide bonds. The first-order valence-electron chi connectivity index (χ1n) is 10.7. The summed E-state index contributed by atoms with van der Waals surface area (Å²) >= 11 is 5.05. The lowest BCUT2D eigenvalue weighted by Gasteiger charge is -2.38. The molecule has 0 radical (unpaired) electrons. The second-order valence-electron chi connectivity index (χ2n) is 9.61. The topological polar surface area (TPSA) is 74.8 Å². The van der Waals surface area contributed by atoms with Crippen molar-refractivity contribution in [2.45, 2.75) is 58.0 Å². The van der Waals surface area contributed by atoms with Crippen molar-refractivity contribution in [2.75, 3.05) is 11.1 Å². The molecule has 0 bridgehead atoms. The number of carbonyl (C=O) groups excluding carboxylic acids is 1. The average molecular weight is 502 g/mol. The van der Waals surface area contributed by atoms with Crippen LogP contribution in [0.2, 0.25) is 0 Å². The molecule has 31 heavy (non-hydrogen) atoms. The first-order valence-corrected chi connectivity index (χ1v) is 12.5. The molecule has 2 aromatic rings. The molecule has 2 N–H and O–H groups in total. The summed E-state index contributed by atoms with van der Waals surface area (Å²) in [5.74, 6) is 1.77. The number of ketones is 1. The van der Waals surface area contributed by atoms with Crippen LogP contribution in [-0.2, 0) is 4.79 Å². The molecule has 1 aromatic heterocycles. The molecule has 0 saturated heterocycles. The zero-order valence-electron chi connectivity index (χ0n) is 18.3. The highest BCUT2D eigenvalue weighted by atomic mass is 79.9. The number of carbonyl (C=O) groups is 1. The van der Waals surface area contributed by atoms with E-state index >= 15 is 0 Å². The number of aromatic nitrogens is 2. The van der Waals surface area contributed by atoms with Gasteiger partial charge in [0.05, 0.1) is 5.56 Å². The van der Waals surface area contributed by atoms with E-state index in [9.17, 15) is 9.59 Å². The Morgan fingerprint density at radius 3 is 2.58 bits per heavy atom. The third-order valence-corrected chi connectivity index (χ3v) is 7.27. The van der Waals surface area contributed by atoms with Crippen LogP contribution in [0, 0.1) is 11.3 Å². The minimum absolute atomic E-state index is 0.104. The quantitative estimate of drug-likeness (QED) is 0.395. The van der Waals surface area contributed by atoms with Crippen molar-refractivity contribution in [1.82, 2.24) is 9.97 Å². The number of allylic oxidation sites excluding steroid dienone is 2. The van der Waals surface area contributed by atoms with Crippen LogP contribution >= 0.6 is 27.7 Å². The highest BCUT2D eigenvalue weighted by molar-refractivity contribution is 9.10. The summed E-state index contributed by atoms with van der Waals surface area (Å²) in [7, 11) is 0. The SMILES string of the molecule is CC(C)CCSc1nc2c(c(=O)[nH]1)[C@@H](c1ccc(Br)cc1)C1=C(CC(C)(C)CC1=O)N2. The predicted molar refractivity (Wildman–Crippen MR) is 130 cm³/mol. The van der Waals surface area contributed by atoms with Crippen LogP contribution in [0.3, 0.4) is 0 Å². The molecule has 0 saturated carbocycles. The number of rotatable bonds is 5. The maximum absolute atomic E-state index is 13.2. The Labute approximate surface area is 195 Å². The van der Waals surface area contributed by atoms with Crippen molar-refractivity contribution >= 4 is 39.3 Å².